The molecule has 0 radical (unpaired) electrons. The van der Waals surface area contributed by atoms with Gasteiger partial charge in [0.15, 0.2) is 11.6 Å². The second-order valence-electron chi connectivity index (χ2n) is 4.51. The molecule has 1 aromatic carbocycles. The molecule has 1 saturated heterocycles. The molecular weight excluding hydrogens is 238 g/mol. The molecule has 0 amide bonds. The summed E-state index contributed by atoms with van der Waals surface area (Å²) in [4.78, 5) is 1.64. The molecule has 1 N–H and O–H groups in total. The quantitative estimate of drug-likeness (QED) is 0.895. The van der Waals surface area contributed by atoms with E-state index in [1.807, 2.05) is 0 Å². The van der Waals surface area contributed by atoms with Crippen LogP contribution in [0.15, 0.2) is 12.1 Å². The summed E-state index contributed by atoms with van der Waals surface area (Å²) in [6, 6.07) is 3.83. The van der Waals surface area contributed by atoms with E-state index < -0.39 is 11.6 Å². The summed E-state index contributed by atoms with van der Waals surface area (Å²) in [5, 5.41) is 17.5. The van der Waals surface area contributed by atoms with Crippen LogP contribution < -0.4 is 4.90 Å². The van der Waals surface area contributed by atoms with Crippen molar-refractivity contribution in [1.82, 2.24) is 0 Å². The van der Waals surface area contributed by atoms with E-state index in [0.29, 0.717) is 19.5 Å². The summed E-state index contributed by atoms with van der Waals surface area (Å²) < 4.78 is 27.6. The topological polar surface area (TPSA) is 47.3 Å². The van der Waals surface area contributed by atoms with Crippen LogP contribution >= 0.6 is 0 Å². The Morgan fingerprint density at radius 1 is 1.39 bits per heavy atom. The summed E-state index contributed by atoms with van der Waals surface area (Å²) in [5.74, 6) is -1.13. The highest BCUT2D eigenvalue weighted by Crippen LogP contribution is 2.30. The Kier molecular flexibility index (Phi) is 3.78. The van der Waals surface area contributed by atoms with Gasteiger partial charge in [-0.1, -0.05) is 0 Å². The monoisotopic (exact) mass is 252 g/mol. The number of hydrogen-bond donors (Lipinski definition) is 1. The molecule has 1 heterocycles. The molecule has 1 fully saturated rings. The van der Waals surface area contributed by atoms with Crippen molar-refractivity contribution in [2.24, 2.45) is 5.92 Å². The molecule has 96 valence electrons. The van der Waals surface area contributed by atoms with Gasteiger partial charge in [-0.3, -0.25) is 0 Å². The second kappa shape index (κ2) is 5.32. The Labute approximate surface area is 104 Å². The number of nitrogens with zero attached hydrogens (tertiary/aromatic N) is 2. The van der Waals surface area contributed by atoms with Gasteiger partial charge in [0, 0.05) is 19.7 Å². The lowest BCUT2D eigenvalue weighted by atomic mass is 10.1. The number of aliphatic hydroxyl groups excluding tert-OH is 1. The molecule has 5 heteroatoms. The minimum Gasteiger partial charge on any atom is -0.396 e. The fraction of sp³-hybridized carbons (Fsp3) is 0.462. The fourth-order valence-electron chi connectivity index (χ4n) is 2.39. The molecule has 1 unspecified atom stereocenters. The lowest BCUT2D eigenvalue weighted by Crippen LogP contribution is -2.22. The van der Waals surface area contributed by atoms with E-state index in [2.05, 4.69) is 0 Å². The zero-order valence-corrected chi connectivity index (χ0v) is 9.87. The van der Waals surface area contributed by atoms with Crippen molar-refractivity contribution in [1.29, 1.82) is 5.26 Å². The van der Waals surface area contributed by atoms with E-state index in [-0.39, 0.29) is 23.8 Å². The van der Waals surface area contributed by atoms with Gasteiger partial charge in [-0.05, 0) is 30.9 Å². The van der Waals surface area contributed by atoms with Crippen LogP contribution in [0.2, 0.25) is 0 Å². The molecule has 0 aromatic heterocycles. The Hall–Kier alpha value is -1.67. The summed E-state index contributed by atoms with van der Waals surface area (Å²) in [7, 11) is 0. The van der Waals surface area contributed by atoms with E-state index in [9.17, 15) is 8.78 Å². The molecule has 1 aliphatic rings. The van der Waals surface area contributed by atoms with Crippen LogP contribution in [0.1, 0.15) is 18.4 Å². The maximum Gasteiger partial charge on any atom is 0.150 e. The van der Waals surface area contributed by atoms with Crippen molar-refractivity contribution < 1.29 is 13.9 Å². The minimum atomic E-state index is -0.698. The molecule has 0 bridgehead atoms. The van der Waals surface area contributed by atoms with Crippen molar-refractivity contribution in [2.75, 3.05) is 24.6 Å². The molecule has 1 aliphatic heterocycles. The fourth-order valence-corrected chi connectivity index (χ4v) is 2.39. The average Bonchev–Trinajstić information content (AvgIpc) is 2.77. The van der Waals surface area contributed by atoms with E-state index in [4.69, 9.17) is 10.4 Å². The van der Waals surface area contributed by atoms with Crippen molar-refractivity contribution in [2.45, 2.75) is 12.8 Å². The highest BCUT2D eigenvalue weighted by molar-refractivity contribution is 5.53. The Bertz CT molecular complexity index is 461. The smallest absolute Gasteiger partial charge is 0.150 e. The van der Waals surface area contributed by atoms with Gasteiger partial charge in [0.05, 0.1) is 11.6 Å². The summed E-state index contributed by atoms with van der Waals surface area (Å²) in [6.07, 6.45) is 1.47. The number of nitriles is 1. The van der Waals surface area contributed by atoms with Crippen molar-refractivity contribution in [3.05, 3.63) is 29.3 Å². The van der Waals surface area contributed by atoms with E-state index in [1.54, 1.807) is 11.0 Å². The van der Waals surface area contributed by atoms with Crippen LogP contribution in [0.3, 0.4) is 0 Å². The largest absolute Gasteiger partial charge is 0.396 e. The number of benzene rings is 1. The number of hydrogen-bond acceptors (Lipinski definition) is 3. The van der Waals surface area contributed by atoms with Gasteiger partial charge in [-0.15, -0.1) is 0 Å². The number of anilines is 1. The molecule has 0 aliphatic carbocycles. The highest BCUT2D eigenvalue weighted by atomic mass is 19.1. The first-order valence-electron chi connectivity index (χ1n) is 5.90. The van der Waals surface area contributed by atoms with E-state index in [0.717, 1.165) is 18.6 Å². The highest BCUT2D eigenvalue weighted by Gasteiger charge is 2.26. The third-order valence-electron chi connectivity index (χ3n) is 3.29. The third kappa shape index (κ3) is 2.44. The molecule has 0 saturated carbocycles. The number of aliphatic hydroxyl groups is 1. The first-order chi connectivity index (χ1) is 8.65. The van der Waals surface area contributed by atoms with Crippen LogP contribution in [0, 0.1) is 28.9 Å². The van der Waals surface area contributed by atoms with Gasteiger partial charge in [-0.25, -0.2) is 8.78 Å². The van der Waals surface area contributed by atoms with Crippen LogP contribution in [0.25, 0.3) is 0 Å². The second-order valence-corrected chi connectivity index (χ2v) is 4.51. The van der Waals surface area contributed by atoms with Crippen molar-refractivity contribution >= 4 is 5.69 Å². The SMILES string of the molecule is N#Cc1cc(F)c(N2CCC(CCO)C2)c(F)c1. The first-order valence-corrected chi connectivity index (χ1v) is 5.90. The van der Waals surface area contributed by atoms with Gasteiger partial charge < -0.3 is 10.0 Å². The van der Waals surface area contributed by atoms with Gasteiger partial charge >= 0.3 is 0 Å². The van der Waals surface area contributed by atoms with E-state index in [1.165, 1.54) is 0 Å². The van der Waals surface area contributed by atoms with E-state index >= 15 is 0 Å². The van der Waals surface area contributed by atoms with Gasteiger partial charge in [0.2, 0.25) is 0 Å². The summed E-state index contributed by atoms with van der Waals surface area (Å²) >= 11 is 0. The predicted molar refractivity (Wildman–Crippen MR) is 63.1 cm³/mol. The Morgan fingerprint density at radius 3 is 2.61 bits per heavy atom. The molecular formula is C13H14F2N2O. The van der Waals surface area contributed by atoms with Crippen LogP contribution in [0.5, 0.6) is 0 Å². The molecule has 2 rings (SSSR count). The zero-order chi connectivity index (χ0) is 13.1. The van der Waals surface area contributed by atoms with Crippen molar-refractivity contribution in [3.8, 4) is 6.07 Å². The zero-order valence-electron chi connectivity index (χ0n) is 9.87. The minimum absolute atomic E-state index is 0.0140. The van der Waals surface area contributed by atoms with Crippen molar-refractivity contribution in [3.63, 3.8) is 0 Å². The van der Waals surface area contributed by atoms with Gasteiger partial charge in [0.1, 0.15) is 5.69 Å². The first kappa shape index (κ1) is 12.8. The molecule has 18 heavy (non-hydrogen) atoms. The molecule has 1 atom stereocenters. The number of rotatable bonds is 3. The van der Waals surface area contributed by atoms with Crippen LogP contribution in [-0.4, -0.2) is 24.8 Å². The molecule has 1 aromatic rings. The van der Waals surface area contributed by atoms with Gasteiger partial charge in [-0.2, -0.15) is 5.26 Å². The summed E-state index contributed by atoms with van der Waals surface area (Å²) in [6.45, 7) is 1.21. The summed E-state index contributed by atoms with van der Waals surface area (Å²) in [5.41, 5.74) is -0.0747. The normalized spacial score (nSPS) is 19.0. The number of halogens is 2. The molecule has 0 spiro atoms. The Balaban J connectivity index is 2.22. The predicted octanol–water partition coefficient (Wildman–Crippen LogP) is 2.05. The lowest BCUT2D eigenvalue weighted by Gasteiger charge is -2.20. The van der Waals surface area contributed by atoms with Crippen LogP contribution in [-0.2, 0) is 0 Å². The average molecular weight is 252 g/mol. The Morgan fingerprint density at radius 2 is 2.06 bits per heavy atom. The lowest BCUT2D eigenvalue weighted by molar-refractivity contribution is 0.263. The van der Waals surface area contributed by atoms with Crippen LogP contribution in [0.4, 0.5) is 14.5 Å². The standard InChI is InChI=1S/C13H14F2N2O/c14-11-5-10(7-16)6-12(15)13(11)17-3-1-9(8-17)2-4-18/h5-6,9,18H,1-4,8H2. The third-order valence-corrected chi connectivity index (χ3v) is 3.29. The maximum atomic E-state index is 13.8. The van der Waals surface area contributed by atoms with Gasteiger partial charge in [0.25, 0.3) is 0 Å². The maximum absolute atomic E-state index is 13.8. The molecule has 3 nitrogen and oxygen atoms in total.